The van der Waals surface area contributed by atoms with Gasteiger partial charge in [0.05, 0.1) is 12.0 Å². The number of carbonyl (C=O) groups excluding carboxylic acids is 1. The van der Waals surface area contributed by atoms with Crippen molar-refractivity contribution < 1.29 is 18.7 Å². The molecule has 7 heteroatoms. The Labute approximate surface area is 155 Å². The molecule has 1 amide bonds. The number of fused-ring (bicyclic) bond motifs is 1. The van der Waals surface area contributed by atoms with E-state index in [9.17, 15) is 4.79 Å². The predicted octanol–water partition coefficient (Wildman–Crippen LogP) is 3.05. The van der Waals surface area contributed by atoms with Crippen molar-refractivity contribution >= 4 is 32.8 Å². The molecule has 1 aliphatic rings. The third-order valence-electron chi connectivity index (χ3n) is 4.29. The molecular weight excluding hydrogens is 388 g/mol. The van der Waals surface area contributed by atoms with E-state index in [-0.39, 0.29) is 5.91 Å². The summed E-state index contributed by atoms with van der Waals surface area (Å²) in [6, 6.07) is 5.34. The minimum absolute atomic E-state index is 0.120. The summed E-state index contributed by atoms with van der Waals surface area (Å²) in [6.07, 6.45) is 2.50. The lowest BCUT2D eigenvalue weighted by atomic mass is 10.1. The van der Waals surface area contributed by atoms with Gasteiger partial charge in [0.25, 0.3) is 5.91 Å². The van der Waals surface area contributed by atoms with E-state index in [1.807, 2.05) is 6.07 Å². The van der Waals surface area contributed by atoms with E-state index >= 15 is 0 Å². The molecule has 0 spiro atoms. The van der Waals surface area contributed by atoms with E-state index in [0.29, 0.717) is 41.3 Å². The highest BCUT2D eigenvalue weighted by atomic mass is 79.9. The Morgan fingerprint density at radius 1 is 1.28 bits per heavy atom. The van der Waals surface area contributed by atoms with E-state index in [1.54, 1.807) is 19.2 Å². The molecule has 0 radical (unpaired) electrons. The van der Waals surface area contributed by atoms with Gasteiger partial charge in [0.15, 0.2) is 4.67 Å². The topological polar surface area (TPSA) is 63.9 Å². The molecule has 136 valence electrons. The summed E-state index contributed by atoms with van der Waals surface area (Å²) in [5.74, 6) is 0.499. The van der Waals surface area contributed by atoms with Crippen LogP contribution in [0.4, 0.5) is 0 Å². The van der Waals surface area contributed by atoms with E-state index < -0.39 is 0 Å². The highest BCUT2D eigenvalue weighted by molar-refractivity contribution is 9.10. The van der Waals surface area contributed by atoms with Crippen LogP contribution < -0.4 is 10.1 Å². The van der Waals surface area contributed by atoms with Crippen LogP contribution in [0.5, 0.6) is 5.75 Å². The Morgan fingerprint density at radius 3 is 2.84 bits per heavy atom. The molecule has 2 heterocycles. The van der Waals surface area contributed by atoms with Gasteiger partial charge in [-0.05, 0) is 54.0 Å². The first-order valence-electron chi connectivity index (χ1n) is 8.53. The van der Waals surface area contributed by atoms with Gasteiger partial charge in [0.2, 0.25) is 0 Å². The van der Waals surface area contributed by atoms with Crippen LogP contribution in [0.3, 0.4) is 0 Å². The molecule has 1 fully saturated rings. The van der Waals surface area contributed by atoms with Crippen LogP contribution in [-0.2, 0) is 4.74 Å². The number of methoxy groups -OCH3 is 1. The van der Waals surface area contributed by atoms with Crippen molar-refractivity contribution in [1.29, 1.82) is 0 Å². The second kappa shape index (κ2) is 8.69. The number of hydrogen-bond donors (Lipinski definition) is 1. The lowest BCUT2D eigenvalue weighted by Gasteiger charge is -2.15. The van der Waals surface area contributed by atoms with Gasteiger partial charge >= 0.3 is 0 Å². The second-order valence-electron chi connectivity index (χ2n) is 6.08. The Kier molecular flexibility index (Phi) is 6.34. The zero-order valence-electron chi connectivity index (χ0n) is 14.3. The quantitative estimate of drug-likeness (QED) is 0.677. The molecule has 1 aromatic heterocycles. The van der Waals surface area contributed by atoms with Crippen molar-refractivity contribution in [1.82, 2.24) is 10.2 Å². The number of nitrogens with zero attached hydrogens (tertiary/aromatic N) is 1. The summed E-state index contributed by atoms with van der Waals surface area (Å²) >= 11 is 3.33. The van der Waals surface area contributed by atoms with Crippen LogP contribution >= 0.6 is 15.9 Å². The summed E-state index contributed by atoms with van der Waals surface area (Å²) < 4.78 is 17.0. The van der Waals surface area contributed by atoms with Crippen LogP contribution in [0.15, 0.2) is 27.3 Å². The number of hydrogen-bond acceptors (Lipinski definition) is 5. The molecule has 3 rings (SSSR count). The molecule has 1 aliphatic heterocycles. The fourth-order valence-corrected chi connectivity index (χ4v) is 3.40. The number of likely N-dealkylation sites (tertiary alicyclic amines) is 1. The second-order valence-corrected chi connectivity index (χ2v) is 6.86. The summed E-state index contributed by atoms with van der Waals surface area (Å²) in [5, 5.41) is 3.81. The van der Waals surface area contributed by atoms with Gasteiger partial charge in [-0.25, -0.2) is 0 Å². The maximum absolute atomic E-state index is 12.5. The molecule has 25 heavy (non-hydrogen) atoms. The fraction of sp³-hybridized carbons (Fsp3) is 0.500. The lowest BCUT2D eigenvalue weighted by molar-refractivity contribution is 0.0949. The number of furan rings is 1. The molecule has 1 N–H and O–H groups in total. The summed E-state index contributed by atoms with van der Waals surface area (Å²) in [4.78, 5) is 14.9. The molecule has 0 unspecified atom stereocenters. The molecule has 1 saturated heterocycles. The number of ether oxygens (including phenoxy) is 2. The fourth-order valence-electron chi connectivity index (χ4n) is 3.00. The zero-order valence-corrected chi connectivity index (χ0v) is 15.9. The first-order valence-corrected chi connectivity index (χ1v) is 9.32. The average molecular weight is 411 g/mol. The van der Waals surface area contributed by atoms with Gasteiger partial charge in [-0.2, -0.15) is 0 Å². The van der Waals surface area contributed by atoms with Crippen molar-refractivity contribution in [3.63, 3.8) is 0 Å². The maximum atomic E-state index is 12.5. The first kappa shape index (κ1) is 18.2. The zero-order chi connectivity index (χ0) is 17.6. The Bertz CT molecular complexity index is 725. The summed E-state index contributed by atoms with van der Waals surface area (Å²) in [7, 11) is 1.62. The van der Waals surface area contributed by atoms with E-state index in [0.717, 1.165) is 25.0 Å². The van der Waals surface area contributed by atoms with E-state index in [1.165, 1.54) is 12.8 Å². The molecule has 2 aromatic rings. The standard InChI is InChI=1S/C18H23BrN2O4/c1-23-8-9-24-15-10-13(11-16-14(15)12-17(19)25-16)18(22)20-4-7-21-5-2-3-6-21/h10-12H,2-9H2,1H3,(H,20,22). The number of halogens is 1. The number of carbonyl (C=O) groups is 1. The third kappa shape index (κ3) is 4.74. The highest BCUT2D eigenvalue weighted by Crippen LogP contribution is 2.32. The lowest BCUT2D eigenvalue weighted by Crippen LogP contribution is -2.33. The monoisotopic (exact) mass is 410 g/mol. The molecule has 0 atom stereocenters. The Morgan fingerprint density at radius 2 is 2.08 bits per heavy atom. The van der Waals surface area contributed by atoms with Crippen LogP contribution in [0, 0.1) is 0 Å². The van der Waals surface area contributed by atoms with E-state index in [2.05, 4.69) is 26.1 Å². The SMILES string of the molecule is COCCOc1cc(C(=O)NCCN2CCCC2)cc2oc(Br)cc12. The van der Waals surface area contributed by atoms with Gasteiger partial charge in [-0.1, -0.05) is 0 Å². The number of rotatable bonds is 8. The minimum Gasteiger partial charge on any atom is -0.490 e. The molecule has 6 nitrogen and oxygen atoms in total. The summed E-state index contributed by atoms with van der Waals surface area (Å²) in [6.45, 7) is 4.66. The van der Waals surface area contributed by atoms with Crippen molar-refractivity contribution in [2.75, 3.05) is 46.5 Å². The minimum atomic E-state index is -0.120. The molecular formula is C18H23BrN2O4. The normalized spacial score (nSPS) is 15.0. The third-order valence-corrected chi connectivity index (χ3v) is 4.68. The average Bonchev–Trinajstić information content (AvgIpc) is 3.23. The van der Waals surface area contributed by atoms with Crippen molar-refractivity contribution in [3.8, 4) is 5.75 Å². The van der Waals surface area contributed by atoms with Crippen molar-refractivity contribution in [2.24, 2.45) is 0 Å². The first-order chi connectivity index (χ1) is 12.2. The van der Waals surface area contributed by atoms with Crippen LogP contribution in [0.2, 0.25) is 0 Å². The summed E-state index contributed by atoms with van der Waals surface area (Å²) in [5.41, 5.74) is 1.15. The van der Waals surface area contributed by atoms with Crippen molar-refractivity contribution in [2.45, 2.75) is 12.8 Å². The highest BCUT2D eigenvalue weighted by Gasteiger charge is 2.16. The molecule has 1 aromatic carbocycles. The van der Waals surface area contributed by atoms with Crippen LogP contribution in [0.25, 0.3) is 11.0 Å². The van der Waals surface area contributed by atoms with Gasteiger partial charge in [0, 0.05) is 31.8 Å². The van der Waals surface area contributed by atoms with Crippen molar-refractivity contribution in [3.05, 3.63) is 28.4 Å². The Balaban J connectivity index is 1.69. The largest absolute Gasteiger partial charge is 0.490 e. The van der Waals surface area contributed by atoms with Gasteiger partial charge in [-0.15, -0.1) is 0 Å². The van der Waals surface area contributed by atoms with Crippen LogP contribution in [0.1, 0.15) is 23.2 Å². The maximum Gasteiger partial charge on any atom is 0.251 e. The number of nitrogens with one attached hydrogen (secondary N) is 1. The molecule has 0 bridgehead atoms. The van der Waals surface area contributed by atoms with Gasteiger partial charge in [-0.3, -0.25) is 4.79 Å². The number of benzene rings is 1. The molecule has 0 aliphatic carbocycles. The number of amides is 1. The van der Waals surface area contributed by atoms with E-state index in [4.69, 9.17) is 13.9 Å². The van der Waals surface area contributed by atoms with Gasteiger partial charge < -0.3 is 24.1 Å². The predicted molar refractivity (Wildman–Crippen MR) is 99.3 cm³/mol. The van der Waals surface area contributed by atoms with Crippen LogP contribution in [-0.4, -0.2) is 57.3 Å². The van der Waals surface area contributed by atoms with Gasteiger partial charge in [0.1, 0.15) is 17.9 Å². The smallest absolute Gasteiger partial charge is 0.251 e. The Hall–Kier alpha value is -1.57. The molecule has 0 saturated carbocycles.